The molecule has 0 fully saturated rings. The summed E-state index contributed by atoms with van der Waals surface area (Å²) in [5.74, 6) is -0.246. The zero-order valence-electron chi connectivity index (χ0n) is 24.1. The number of ether oxygens (including phenoxy) is 2. The van der Waals surface area contributed by atoms with Crippen molar-refractivity contribution in [3.8, 4) is 5.75 Å². The van der Waals surface area contributed by atoms with Gasteiger partial charge in [0, 0.05) is 12.5 Å². The highest BCUT2D eigenvalue weighted by Gasteiger charge is 2.40. The molecule has 0 aliphatic carbocycles. The fraction of sp³-hybridized carbons (Fsp3) is 0.414. The van der Waals surface area contributed by atoms with Gasteiger partial charge in [0.25, 0.3) is 0 Å². The zero-order valence-corrected chi connectivity index (χ0v) is 25.7. The van der Waals surface area contributed by atoms with E-state index in [9.17, 15) is 44.3 Å². The lowest BCUT2D eigenvalue weighted by Gasteiger charge is -2.40. The van der Waals surface area contributed by atoms with Gasteiger partial charge in [-0.2, -0.15) is 39.5 Å². The first kappa shape index (κ1) is 35.1. The molecule has 0 radical (unpaired) electrons. The molecule has 3 aromatic rings. The number of benzene rings is 2. The Kier molecular flexibility index (Phi) is 10.3. The Morgan fingerprint density at radius 1 is 0.957 bits per heavy atom. The number of alkyl halides is 10. The quantitative estimate of drug-likeness (QED) is 0.184. The van der Waals surface area contributed by atoms with Crippen LogP contribution >= 0.6 is 15.9 Å². The summed E-state index contributed by atoms with van der Waals surface area (Å²) in [6, 6.07) is 2.60. The summed E-state index contributed by atoms with van der Waals surface area (Å²) in [6.45, 7) is 3.38. The van der Waals surface area contributed by atoms with Crippen LogP contribution in [-0.4, -0.2) is 34.2 Å². The largest absolute Gasteiger partial charge is 0.479 e. The van der Waals surface area contributed by atoms with E-state index in [0.29, 0.717) is 18.6 Å². The number of carbonyl (C=O) groups excluding carboxylic acids is 1. The molecule has 1 aliphatic heterocycles. The molecule has 2 aromatic carbocycles. The van der Waals surface area contributed by atoms with E-state index in [1.54, 1.807) is 13.8 Å². The summed E-state index contributed by atoms with van der Waals surface area (Å²) >= 11 is 3.04. The fourth-order valence-electron chi connectivity index (χ4n) is 5.11. The van der Waals surface area contributed by atoms with Crippen molar-refractivity contribution in [2.75, 3.05) is 22.3 Å². The lowest BCUT2D eigenvalue weighted by Crippen LogP contribution is -2.46. The number of rotatable bonds is 8. The second-order valence-corrected chi connectivity index (χ2v) is 10.6. The van der Waals surface area contributed by atoms with Gasteiger partial charge < -0.3 is 14.8 Å². The Bertz CT molecular complexity index is 1530. The number of anilines is 2. The van der Waals surface area contributed by atoms with Gasteiger partial charge in [-0.25, -0.2) is 14.8 Å². The van der Waals surface area contributed by atoms with Gasteiger partial charge in [-0.1, -0.05) is 6.92 Å². The van der Waals surface area contributed by atoms with E-state index in [0.717, 1.165) is 24.4 Å². The minimum absolute atomic E-state index is 0.00577. The number of halogens is 10. The normalized spacial score (nSPS) is 17.0. The third-order valence-corrected chi connectivity index (χ3v) is 7.39. The van der Waals surface area contributed by atoms with Crippen LogP contribution < -0.4 is 15.0 Å². The molecule has 0 saturated carbocycles. The first-order valence-corrected chi connectivity index (χ1v) is 14.8. The number of nitrogens with one attached hydrogen (secondary N) is 1. The molecule has 0 bridgehead atoms. The molecule has 17 heteroatoms. The van der Waals surface area contributed by atoms with Gasteiger partial charge in [-0.05, 0) is 83.2 Å². The second kappa shape index (κ2) is 13.5. The van der Waals surface area contributed by atoms with Gasteiger partial charge >= 0.3 is 24.6 Å². The summed E-state index contributed by atoms with van der Waals surface area (Å²) in [5, 5.41) is 2.94. The number of hydrogen-bond acceptors (Lipinski definition) is 6. The molecule has 2 atom stereocenters. The Balaban J connectivity index is 1.77. The van der Waals surface area contributed by atoms with Crippen LogP contribution in [0.3, 0.4) is 0 Å². The van der Waals surface area contributed by atoms with Crippen molar-refractivity contribution in [2.24, 2.45) is 0 Å². The minimum atomic E-state index is -5.07. The number of aromatic nitrogens is 2. The van der Waals surface area contributed by atoms with Crippen LogP contribution in [-0.2, 0) is 29.7 Å². The molecule has 0 spiro atoms. The maximum atomic E-state index is 13.7. The summed E-state index contributed by atoms with van der Waals surface area (Å²) in [6.07, 6.45) is -14.5. The average Bonchev–Trinajstić information content (AvgIpc) is 2.96. The van der Waals surface area contributed by atoms with Crippen LogP contribution in [0, 0.1) is 0 Å². The second-order valence-electron chi connectivity index (χ2n) is 10.2. The SMILES string of the molecule is CCOC(=O)N1c2ccc(C(F)(F)F)cc2[C@@H](Nc2ncc(OCBr)c(Cc3cc(C(F)(F)F)cc(C(F)(F)F)c3)n2)C[C@H]1CC. The van der Waals surface area contributed by atoms with Crippen LogP contribution in [0.25, 0.3) is 0 Å². The zero-order chi connectivity index (χ0) is 34.0. The molecule has 1 aliphatic rings. The molecular weight excluding hydrogens is 703 g/mol. The van der Waals surface area contributed by atoms with Crippen molar-refractivity contribution in [3.63, 3.8) is 0 Å². The molecule has 250 valence electrons. The van der Waals surface area contributed by atoms with Gasteiger partial charge in [-0.15, -0.1) is 0 Å². The van der Waals surface area contributed by atoms with E-state index in [1.165, 1.54) is 4.90 Å². The molecular formula is C29H26BrF9N4O3. The molecule has 7 nitrogen and oxygen atoms in total. The van der Waals surface area contributed by atoms with E-state index >= 15 is 0 Å². The van der Waals surface area contributed by atoms with Gasteiger partial charge in [0.1, 0.15) is 5.52 Å². The Morgan fingerprint density at radius 2 is 1.59 bits per heavy atom. The smallest absolute Gasteiger partial charge is 0.416 e. The highest BCUT2D eigenvalue weighted by atomic mass is 79.9. The van der Waals surface area contributed by atoms with E-state index in [1.807, 2.05) is 0 Å². The van der Waals surface area contributed by atoms with E-state index in [2.05, 4.69) is 31.2 Å². The maximum Gasteiger partial charge on any atom is 0.416 e. The molecule has 0 unspecified atom stereocenters. The number of amides is 1. The summed E-state index contributed by atoms with van der Waals surface area (Å²) in [4.78, 5) is 22.5. The lowest BCUT2D eigenvalue weighted by molar-refractivity contribution is -0.143. The van der Waals surface area contributed by atoms with Crippen molar-refractivity contribution in [3.05, 3.63) is 76.1 Å². The van der Waals surface area contributed by atoms with Gasteiger partial charge in [-0.3, -0.25) is 4.90 Å². The van der Waals surface area contributed by atoms with Gasteiger partial charge in [0.05, 0.1) is 46.9 Å². The fourth-order valence-corrected chi connectivity index (χ4v) is 5.36. The molecule has 46 heavy (non-hydrogen) atoms. The average molecular weight is 729 g/mol. The molecule has 4 rings (SSSR count). The molecule has 1 N–H and O–H groups in total. The van der Waals surface area contributed by atoms with Gasteiger partial charge in [0.15, 0.2) is 5.75 Å². The summed E-state index contributed by atoms with van der Waals surface area (Å²) < 4.78 is 132. The summed E-state index contributed by atoms with van der Waals surface area (Å²) in [7, 11) is 0. The van der Waals surface area contributed by atoms with Crippen LogP contribution in [0.4, 0.5) is 55.9 Å². The van der Waals surface area contributed by atoms with Crippen LogP contribution in [0.15, 0.2) is 42.6 Å². The van der Waals surface area contributed by atoms with Crippen molar-refractivity contribution in [1.29, 1.82) is 0 Å². The third-order valence-electron chi connectivity index (χ3n) is 7.16. The first-order valence-electron chi connectivity index (χ1n) is 13.7. The van der Waals surface area contributed by atoms with E-state index in [-0.39, 0.29) is 58.8 Å². The maximum absolute atomic E-state index is 13.7. The van der Waals surface area contributed by atoms with E-state index < -0.39 is 59.8 Å². The number of hydrogen-bond donors (Lipinski definition) is 1. The molecule has 1 amide bonds. The predicted octanol–water partition coefficient (Wildman–Crippen LogP) is 9.15. The lowest BCUT2D eigenvalue weighted by atomic mass is 9.89. The topological polar surface area (TPSA) is 76.6 Å². The van der Waals surface area contributed by atoms with Crippen molar-refractivity contribution < 1.29 is 53.8 Å². The third kappa shape index (κ3) is 7.96. The highest BCUT2D eigenvalue weighted by molar-refractivity contribution is 9.09. The van der Waals surface area contributed by atoms with Crippen LogP contribution in [0.1, 0.15) is 66.2 Å². The van der Waals surface area contributed by atoms with Crippen molar-refractivity contribution in [2.45, 2.75) is 63.7 Å². The molecule has 2 heterocycles. The Hall–Kier alpha value is -3.76. The van der Waals surface area contributed by atoms with Gasteiger partial charge in [0.2, 0.25) is 5.95 Å². The number of fused-ring (bicyclic) bond motifs is 1. The van der Waals surface area contributed by atoms with Crippen molar-refractivity contribution in [1.82, 2.24) is 9.97 Å². The van der Waals surface area contributed by atoms with Crippen molar-refractivity contribution >= 4 is 33.7 Å². The molecule has 1 aromatic heterocycles. The highest BCUT2D eigenvalue weighted by Crippen LogP contribution is 2.43. The minimum Gasteiger partial charge on any atom is -0.479 e. The Labute approximate surface area is 265 Å². The standard InChI is InChI=1S/C29H26BrF9N4O3/c1-3-19-12-21(20-11-16(27(31,32)33)5-6-23(20)43(19)26(44)45-4-2)41-25-40-13-24(46-14-30)22(42-25)9-15-7-17(28(34,35)36)10-18(8-15)29(37,38)39/h5-8,10-11,13,19,21H,3-4,9,12,14H2,1-2H3,(H,40,41,42)/t19-,21+/m1/s1. The Morgan fingerprint density at radius 3 is 2.13 bits per heavy atom. The van der Waals surface area contributed by atoms with Crippen LogP contribution in [0.2, 0.25) is 0 Å². The monoisotopic (exact) mass is 728 g/mol. The first-order chi connectivity index (χ1) is 21.5. The van der Waals surface area contributed by atoms with Crippen LogP contribution in [0.5, 0.6) is 5.75 Å². The molecule has 0 saturated heterocycles. The summed E-state index contributed by atoms with van der Waals surface area (Å²) in [5.41, 5.74) is -4.36. The predicted molar refractivity (Wildman–Crippen MR) is 152 cm³/mol. The number of carbonyl (C=O) groups is 1. The number of nitrogens with zero attached hydrogens (tertiary/aromatic N) is 3. The van der Waals surface area contributed by atoms with E-state index in [4.69, 9.17) is 9.47 Å².